The predicted octanol–water partition coefficient (Wildman–Crippen LogP) is -4.36. The quantitative estimate of drug-likeness (QED) is 0.0407. The number of aliphatic hydroxyl groups excluding tert-OH is 1. The predicted molar refractivity (Wildman–Crippen MR) is 218 cm³/mol. The molecule has 25 heteroatoms. The van der Waals surface area contributed by atoms with Crippen molar-refractivity contribution in [1.82, 2.24) is 41.7 Å². The van der Waals surface area contributed by atoms with Crippen molar-refractivity contribution in [1.29, 1.82) is 0 Å². The Bertz CT molecular complexity index is 1700. The van der Waals surface area contributed by atoms with E-state index in [4.69, 9.17) is 15.9 Å². The first-order valence-corrected chi connectivity index (χ1v) is 20.7. The van der Waals surface area contributed by atoms with Crippen molar-refractivity contribution in [3.05, 3.63) is 0 Å². The molecule has 2 heterocycles. The lowest BCUT2D eigenvalue weighted by Crippen LogP contribution is -2.60. The number of hydrogen-bond donors (Lipinski definition) is 12. The minimum atomic E-state index is -1.70. The van der Waals surface area contributed by atoms with Gasteiger partial charge in [-0.2, -0.15) is 12.6 Å². The lowest BCUT2D eigenvalue weighted by Gasteiger charge is -2.34. The van der Waals surface area contributed by atoms with Crippen LogP contribution in [0.15, 0.2) is 0 Å². The first-order chi connectivity index (χ1) is 29.0. The average molecular weight is 902 g/mol. The van der Waals surface area contributed by atoms with Crippen LogP contribution in [0, 0.1) is 5.92 Å². The van der Waals surface area contributed by atoms with Gasteiger partial charge in [0.1, 0.15) is 48.3 Å². The Kier molecular flexibility index (Phi) is 21.0. The molecule has 0 aromatic rings. The molecule has 2 aliphatic heterocycles. The van der Waals surface area contributed by atoms with E-state index in [9.17, 15) is 63.0 Å². The van der Waals surface area contributed by atoms with Crippen molar-refractivity contribution in [3.63, 3.8) is 0 Å². The van der Waals surface area contributed by atoms with Crippen molar-refractivity contribution >= 4 is 77.8 Å². The number of carboxylic acids is 3. The molecule has 0 unspecified atom stereocenters. The first kappa shape index (κ1) is 52.6. The number of nitrogens with one attached hydrogen (secondary N) is 6. The molecule has 0 saturated carbocycles. The number of nitrogens with two attached hydrogens (primary N) is 1. The van der Waals surface area contributed by atoms with Crippen LogP contribution in [0.3, 0.4) is 0 Å². The number of aliphatic carboxylic acids is 3. The summed E-state index contributed by atoms with van der Waals surface area (Å²) < 4.78 is 0. The van der Waals surface area contributed by atoms with Crippen molar-refractivity contribution < 1.29 is 73.2 Å². The molecule has 0 aliphatic carbocycles. The second-order valence-corrected chi connectivity index (χ2v) is 15.8. The van der Waals surface area contributed by atoms with Gasteiger partial charge in [0.25, 0.3) is 0 Å². The molecule has 62 heavy (non-hydrogen) atoms. The maximum absolute atomic E-state index is 13.9. The lowest BCUT2D eigenvalue weighted by molar-refractivity contribution is -0.148. The van der Waals surface area contributed by atoms with E-state index in [0.29, 0.717) is 19.3 Å². The zero-order valence-corrected chi connectivity index (χ0v) is 35.9. The van der Waals surface area contributed by atoms with E-state index in [1.165, 1.54) is 23.6 Å². The minimum absolute atomic E-state index is 0.193. The molecule has 2 fully saturated rings. The number of carboxylic acid groups (broad SMARTS) is 3. The van der Waals surface area contributed by atoms with E-state index in [1.807, 2.05) is 0 Å². The monoisotopic (exact) mass is 901 g/mol. The molecule has 0 radical (unpaired) electrons. The van der Waals surface area contributed by atoms with E-state index in [0.717, 1.165) is 0 Å². The summed E-state index contributed by atoms with van der Waals surface area (Å²) in [5, 5.41) is 51.3. The molecule has 0 aromatic heterocycles. The van der Waals surface area contributed by atoms with Gasteiger partial charge >= 0.3 is 17.9 Å². The standard InChI is InChI=1S/C37H59N9O15S/c1-17(2)28(44-29(52)18(3)38)36(59)46-14-6-8-25(46)35(58)45-13-5-7-24(45)34(57)39-19(4)30(53)42-22(15-47)32(55)43-23(16-62)33(56)40-20(9-11-26(48)49)31(54)41-21(37(60)61)10-12-27(50)51/h17-25,28,47,62H,5-16,38H2,1-4H3,(H,39,57)(H,40,56)(H,41,54)(H,42,53)(H,43,55)(H,44,52)(H,48,49)(H,50,51)(H,60,61)/t18-,19-,20-,21-,22-,23-,24-,25-,28-/m0/s1. The van der Waals surface area contributed by atoms with Crippen molar-refractivity contribution in [3.8, 4) is 0 Å². The summed E-state index contributed by atoms with van der Waals surface area (Å²) in [6, 6.07) is -11.7. The van der Waals surface area contributed by atoms with Gasteiger partial charge in [-0.25, -0.2) is 4.79 Å². The molecular weight excluding hydrogens is 843 g/mol. The van der Waals surface area contributed by atoms with Crippen LogP contribution in [0.4, 0.5) is 0 Å². The maximum atomic E-state index is 13.9. The number of carbonyl (C=O) groups excluding carboxylic acids is 8. The molecule has 12 N–H and O–H groups in total. The second-order valence-electron chi connectivity index (χ2n) is 15.4. The molecule has 0 bridgehead atoms. The maximum Gasteiger partial charge on any atom is 0.326 e. The number of rotatable bonds is 24. The summed E-state index contributed by atoms with van der Waals surface area (Å²) in [5.41, 5.74) is 5.68. The van der Waals surface area contributed by atoms with Crippen molar-refractivity contribution in [2.24, 2.45) is 11.7 Å². The Morgan fingerprint density at radius 1 is 0.629 bits per heavy atom. The fourth-order valence-corrected chi connectivity index (χ4v) is 6.95. The summed E-state index contributed by atoms with van der Waals surface area (Å²) in [6.45, 7) is 5.70. The highest BCUT2D eigenvalue weighted by Gasteiger charge is 2.44. The van der Waals surface area contributed by atoms with Gasteiger partial charge in [0.05, 0.1) is 12.6 Å². The van der Waals surface area contributed by atoms with Crippen LogP contribution in [-0.4, -0.2) is 175 Å². The topological polar surface area (TPSA) is 373 Å². The van der Waals surface area contributed by atoms with E-state index < -0.39 is 158 Å². The minimum Gasteiger partial charge on any atom is -0.481 e. The number of carbonyl (C=O) groups is 11. The van der Waals surface area contributed by atoms with Crippen LogP contribution in [0.5, 0.6) is 0 Å². The highest BCUT2D eigenvalue weighted by molar-refractivity contribution is 7.80. The van der Waals surface area contributed by atoms with Gasteiger partial charge in [-0.3, -0.25) is 47.9 Å². The molecule has 9 atom stereocenters. The molecule has 348 valence electrons. The molecule has 2 aliphatic rings. The van der Waals surface area contributed by atoms with Crippen LogP contribution in [0.25, 0.3) is 0 Å². The number of hydrogen-bond acceptors (Lipinski definition) is 14. The zero-order valence-electron chi connectivity index (χ0n) is 35.0. The number of likely N-dealkylation sites (tertiary alicyclic amines) is 2. The van der Waals surface area contributed by atoms with Crippen LogP contribution >= 0.6 is 12.6 Å². The number of amides is 8. The number of thiol groups is 1. The third-order valence-corrected chi connectivity index (χ3v) is 10.6. The number of nitrogens with zero attached hydrogens (tertiary/aromatic N) is 2. The highest BCUT2D eigenvalue weighted by Crippen LogP contribution is 2.26. The highest BCUT2D eigenvalue weighted by atomic mass is 32.1. The van der Waals surface area contributed by atoms with E-state index >= 15 is 0 Å². The average Bonchev–Trinajstić information content (AvgIpc) is 3.91. The van der Waals surface area contributed by atoms with Crippen molar-refractivity contribution in [2.75, 3.05) is 25.4 Å². The van der Waals surface area contributed by atoms with Gasteiger partial charge in [0.2, 0.25) is 47.3 Å². The van der Waals surface area contributed by atoms with E-state index in [-0.39, 0.29) is 25.4 Å². The Labute approximate surface area is 362 Å². The smallest absolute Gasteiger partial charge is 0.326 e. The molecule has 2 saturated heterocycles. The third-order valence-electron chi connectivity index (χ3n) is 10.2. The lowest BCUT2D eigenvalue weighted by atomic mass is 10.0. The normalized spacial score (nSPS) is 19.4. The summed E-state index contributed by atoms with van der Waals surface area (Å²) in [5.74, 6) is -11.5. The van der Waals surface area contributed by atoms with Gasteiger partial charge in [-0.15, -0.1) is 0 Å². The van der Waals surface area contributed by atoms with Gasteiger partial charge in [-0.05, 0) is 58.3 Å². The molecule has 2 rings (SSSR count). The summed E-state index contributed by atoms with van der Waals surface area (Å²) in [7, 11) is 0. The second kappa shape index (κ2) is 24.8. The largest absolute Gasteiger partial charge is 0.481 e. The molecule has 0 aromatic carbocycles. The van der Waals surface area contributed by atoms with Crippen LogP contribution < -0.4 is 37.6 Å². The van der Waals surface area contributed by atoms with E-state index in [1.54, 1.807) is 13.8 Å². The Morgan fingerprint density at radius 2 is 1.11 bits per heavy atom. The fraction of sp³-hybridized carbons (Fsp3) is 0.703. The van der Waals surface area contributed by atoms with Crippen LogP contribution in [-0.2, 0) is 52.7 Å². The van der Waals surface area contributed by atoms with Crippen LogP contribution in [0.1, 0.15) is 79.1 Å². The molecule has 24 nitrogen and oxygen atoms in total. The SMILES string of the molecule is CC(C)[C@H](NC(=O)[C@H](C)N)C(=O)N1CCC[C@H]1C(=O)N1CCC[C@H]1C(=O)N[C@@H](C)C(=O)N[C@@H](CO)C(=O)N[C@@H](CS)C(=O)N[C@@H](CCC(=O)O)C(=O)N[C@@H](CCC(=O)O)C(=O)O. The summed E-state index contributed by atoms with van der Waals surface area (Å²) >= 11 is 4.03. The van der Waals surface area contributed by atoms with Crippen LogP contribution in [0.2, 0.25) is 0 Å². The first-order valence-electron chi connectivity index (χ1n) is 20.1. The Balaban J connectivity index is 2.08. The van der Waals surface area contributed by atoms with Gasteiger partial charge in [-0.1, -0.05) is 13.8 Å². The van der Waals surface area contributed by atoms with Crippen molar-refractivity contribution in [2.45, 2.75) is 133 Å². The molecule has 0 spiro atoms. The molecule has 8 amide bonds. The number of aliphatic hydroxyl groups is 1. The fourth-order valence-electron chi connectivity index (χ4n) is 6.70. The Morgan fingerprint density at radius 3 is 1.63 bits per heavy atom. The van der Waals surface area contributed by atoms with E-state index in [2.05, 4.69) is 44.5 Å². The van der Waals surface area contributed by atoms with Gasteiger partial charge in [0.15, 0.2) is 0 Å². The third kappa shape index (κ3) is 15.4. The zero-order chi connectivity index (χ0) is 47.0. The summed E-state index contributed by atoms with van der Waals surface area (Å²) in [4.78, 5) is 142. The Hall–Kier alpha value is -5.56. The molecular formula is C37H59N9O15S. The van der Waals surface area contributed by atoms with Gasteiger partial charge < -0.3 is 67.9 Å². The summed E-state index contributed by atoms with van der Waals surface area (Å²) in [6.07, 6.45) is -0.846. The van der Waals surface area contributed by atoms with Gasteiger partial charge in [0, 0.05) is 31.7 Å².